The zero-order valence-corrected chi connectivity index (χ0v) is 15.8. The normalized spacial score (nSPS) is 11.9. The van der Waals surface area contributed by atoms with Gasteiger partial charge in [-0.1, -0.05) is 13.8 Å². The summed E-state index contributed by atoms with van der Waals surface area (Å²) in [7, 11) is 1.53. The molecule has 0 aliphatic rings. The Kier molecular flexibility index (Phi) is 7.58. The molecule has 0 saturated heterocycles. The third kappa shape index (κ3) is 8.14. The Hall–Kier alpha value is -1.92. The van der Waals surface area contributed by atoms with Crippen LogP contribution < -0.4 is 5.73 Å². The lowest BCUT2D eigenvalue weighted by Crippen LogP contribution is -2.39. The zero-order valence-electron chi connectivity index (χ0n) is 15.8. The Morgan fingerprint density at radius 3 is 1.84 bits per heavy atom. The average molecular weight is 351 g/mol. The minimum atomic E-state index is -0.455. The topological polar surface area (TPSA) is 87.8 Å². The Morgan fingerprint density at radius 2 is 1.40 bits per heavy atom. The predicted octanol–water partition coefficient (Wildman–Crippen LogP) is 2.80. The number of ether oxygens (including phenoxy) is 3. The summed E-state index contributed by atoms with van der Waals surface area (Å²) < 4.78 is 15.2. The molecule has 0 aromatic heterocycles. The Labute approximate surface area is 149 Å². The van der Waals surface area contributed by atoms with E-state index in [0.29, 0.717) is 17.7 Å². The smallest absolute Gasteiger partial charge is 0.338 e. The number of carbonyl (C=O) groups excluding carboxylic acids is 2. The molecule has 0 bridgehead atoms. The molecule has 2 N–H and O–H groups in total. The van der Waals surface area contributed by atoms with Gasteiger partial charge in [-0.15, -0.1) is 0 Å². The van der Waals surface area contributed by atoms with Gasteiger partial charge in [0.05, 0.1) is 24.3 Å². The van der Waals surface area contributed by atoms with Crippen molar-refractivity contribution in [3.63, 3.8) is 0 Å². The first-order valence-electron chi connectivity index (χ1n) is 8.26. The highest BCUT2D eigenvalue weighted by molar-refractivity contribution is 5.93. The number of esters is 2. The van der Waals surface area contributed by atoms with Gasteiger partial charge in [-0.3, -0.25) is 0 Å². The zero-order chi connectivity index (χ0) is 19.1. The van der Waals surface area contributed by atoms with E-state index in [0.717, 1.165) is 6.42 Å². The van der Waals surface area contributed by atoms with Crippen LogP contribution in [0.4, 0.5) is 0 Å². The fourth-order valence-electron chi connectivity index (χ4n) is 2.67. The van der Waals surface area contributed by atoms with E-state index in [-0.39, 0.29) is 24.2 Å². The molecule has 0 fully saturated rings. The molecule has 6 heteroatoms. The lowest BCUT2D eigenvalue weighted by atomic mass is 9.81. The summed E-state index contributed by atoms with van der Waals surface area (Å²) in [5.41, 5.74) is 6.24. The second kappa shape index (κ2) is 8.97. The number of benzene rings is 1. The lowest BCUT2D eigenvalue weighted by molar-refractivity contribution is 0.0294. The fraction of sp³-hybridized carbons (Fsp3) is 0.579. The van der Waals surface area contributed by atoms with Crippen molar-refractivity contribution in [1.29, 1.82) is 0 Å². The quantitative estimate of drug-likeness (QED) is 0.544. The number of nitrogens with two attached hydrogens (primary N) is 1. The van der Waals surface area contributed by atoms with E-state index in [9.17, 15) is 9.59 Å². The molecule has 0 unspecified atom stereocenters. The van der Waals surface area contributed by atoms with Gasteiger partial charge in [-0.25, -0.2) is 9.59 Å². The standard InChI is InChI=1S/C19H29NO5/c1-18(2,12-19(3,4)20)13-25-17(22)15-8-6-14(7-9-15)16(21)24-11-10-23-5/h6-9H,10-13,20H2,1-5H3. The molecular formula is C19H29NO5. The molecule has 25 heavy (non-hydrogen) atoms. The highest BCUT2D eigenvalue weighted by Crippen LogP contribution is 2.27. The van der Waals surface area contributed by atoms with Crippen LogP contribution >= 0.6 is 0 Å². The van der Waals surface area contributed by atoms with Crippen LogP contribution in [0.15, 0.2) is 24.3 Å². The molecule has 1 aromatic carbocycles. The minimum absolute atomic E-state index is 0.186. The maximum atomic E-state index is 12.2. The second-order valence-electron chi connectivity index (χ2n) is 7.61. The molecule has 6 nitrogen and oxygen atoms in total. The van der Waals surface area contributed by atoms with Crippen LogP contribution in [-0.4, -0.2) is 44.4 Å². The van der Waals surface area contributed by atoms with Crippen molar-refractivity contribution in [2.75, 3.05) is 26.9 Å². The average Bonchev–Trinajstić information content (AvgIpc) is 2.51. The predicted molar refractivity (Wildman–Crippen MR) is 95.5 cm³/mol. The molecule has 0 atom stereocenters. The van der Waals surface area contributed by atoms with Gasteiger partial charge in [-0.2, -0.15) is 0 Å². The summed E-state index contributed by atoms with van der Waals surface area (Å²) in [5, 5.41) is 0. The summed E-state index contributed by atoms with van der Waals surface area (Å²) >= 11 is 0. The van der Waals surface area contributed by atoms with E-state index in [1.54, 1.807) is 24.3 Å². The first kappa shape index (κ1) is 21.1. The van der Waals surface area contributed by atoms with Gasteiger partial charge in [0.2, 0.25) is 0 Å². The molecule has 0 aliphatic heterocycles. The van der Waals surface area contributed by atoms with Crippen LogP contribution in [0.3, 0.4) is 0 Å². The van der Waals surface area contributed by atoms with Crippen LogP contribution in [0.2, 0.25) is 0 Å². The van der Waals surface area contributed by atoms with Gasteiger partial charge in [-0.05, 0) is 44.5 Å². The van der Waals surface area contributed by atoms with Crippen molar-refractivity contribution in [3.8, 4) is 0 Å². The first-order chi connectivity index (χ1) is 11.5. The van der Waals surface area contributed by atoms with Gasteiger partial charge in [0, 0.05) is 18.1 Å². The van der Waals surface area contributed by atoms with Crippen molar-refractivity contribution < 1.29 is 23.8 Å². The van der Waals surface area contributed by atoms with Gasteiger partial charge in [0.15, 0.2) is 0 Å². The highest BCUT2D eigenvalue weighted by Gasteiger charge is 2.27. The van der Waals surface area contributed by atoms with Gasteiger partial charge in [0.1, 0.15) is 6.61 Å². The van der Waals surface area contributed by atoms with E-state index in [1.165, 1.54) is 7.11 Å². The summed E-state index contributed by atoms with van der Waals surface area (Å²) in [6.07, 6.45) is 0.722. The van der Waals surface area contributed by atoms with Crippen LogP contribution in [0.25, 0.3) is 0 Å². The lowest BCUT2D eigenvalue weighted by Gasteiger charge is -2.31. The number of hydrogen-bond acceptors (Lipinski definition) is 6. The van der Waals surface area contributed by atoms with Crippen molar-refractivity contribution >= 4 is 11.9 Å². The SMILES string of the molecule is COCCOC(=O)c1ccc(C(=O)OCC(C)(C)CC(C)(C)N)cc1. The molecule has 1 aromatic rings. The van der Waals surface area contributed by atoms with Crippen LogP contribution in [0.5, 0.6) is 0 Å². The molecule has 0 heterocycles. The molecule has 0 amide bonds. The van der Waals surface area contributed by atoms with E-state index >= 15 is 0 Å². The third-order valence-corrected chi connectivity index (χ3v) is 3.41. The number of hydrogen-bond donors (Lipinski definition) is 1. The largest absolute Gasteiger partial charge is 0.462 e. The molecule has 0 radical (unpaired) electrons. The Morgan fingerprint density at radius 1 is 0.920 bits per heavy atom. The van der Waals surface area contributed by atoms with E-state index in [4.69, 9.17) is 19.9 Å². The summed E-state index contributed by atoms with van der Waals surface area (Å²) in [6.45, 7) is 8.70. The summed E-state index contributed by atoms with van der Waals surface area (Å²) in [5.74, 6) is -0.884. The molecule has 140 valence electrons. The summed E-state index contributed by atoms with van der Waals surface area (Å²) in [4.78, 5) is 23.9. The van der Waals surface area contributed by atoms with Crippen molar-refractivity contribution in [2.45, 2.75) is 39.7 Å². The summed E-state index contributed by atoms with van der Waals surface area (Å²) in [6, 6.07) is 6.18. The Bertz CT molecular complexity index is 572. The van der Waals surface area contributed by atoms with Gasteiger partial charge >= 0.3 is 11.9 Å². The van der Waals surface area contributed by atoms with Crippen molar-refractivity contribution in [1.82, 2.24) is 0 Å². The van der Waals surface area contributed by atoms with Gasteiger partial charge < -0.3 is 19.9 Å². The van der Waals surface area contributed by atoms with E-state index in [2.05, 4.69) is 0 Å². The van der Waals surface area contributed by atoms with Crippen molar-refractivity contribution in [2.24, 2.45) is 11.1 Å². The molecule has 1 rings (SSSR count). The van der Waals surface area contributed by atoms with Crippen molar-refractivity contribution in [3.05, 3.63) is 35.4 Å². The first-order valence-corrected chi connectivity index (χ1v) is 8.26. The molecule has 0 spiro atoms. The Balaban J connectivity index is 2.58. The highest BCUT2D eigenvalue weighted by atomic mass is 16.6. The van der Waals surface area contributed by atoms with Crippen LogP contribution in [0.1, 0.15) is 54.8 Å². The number of rotatable bonds is 9. The molecular weight excluding hydrogens is 322 g/mol. The van der Waals surface area contributed by atoms with E-state index < -0.39 is 11.9 Å². The number of carbonyl (C=O) groups is 2. The molecule has 0 saturated carbocycles. The van der Waals surface area contributed by atoms with Crippen LogP contribution in [-0.2, 0) is 14.2 Å². The van der Waals surface area contributed by atoms with Gasteiger partial charge in [0.25, 0.3) is 0 Å². The maximum absolute atomic E-state index is 12.2. The van der Waals surface area contributed by atoms with Crippen LogP contribution in [0, 0.1) is 5.41 Å². The maximum Gasteiger partial charge on any atom is 0.338 e. The van der Waals surface area contributed by atoms with E-state index in [1.807, 2.05) is 27.7 Å². The minimum Gasteiger partial charge on any atom is -0.462 e. The second-order valence-corrected chi connectivity index (χ2v) is 7.61. The number of methoxy groups -OCH3 is 1. The monoisotopic (exact) mass is 351 g/mol. The third-order valence-electron chi connectivity index (χ3n) is 3.41. The molecule has 0 aliphatic carbocycles. The fourth-order valence-corrected chi connectivity index (χ4v) is 2.67.